The lowest BCUT2D eigenvalue weighted by molar-refractivity contribution is -0.148. The first-order chi connectivity index (χ1) is 17.6. The van der Waals surface area contributed by atoms with Crippen LogP contribution in [-0.2, 0) is 22.8 Å². The second kappa shape index (κ2) is 14.8. The van der Waals surface area contributed by atoms with Crippen molar-refractivity contribution in [3.8, 4) is 5.75 Å². The summed E-state index contributed by atoms with van der Waals surface area (Å²) in [4.78, 5) is 24.7. The van der Waals surface area contributed by atoms with Crippen molar-refractivity contribution in [2.75, 3.05) is 27.9 Å². The molecule has 0 N–H and O–H groups in total. The summed E-state index contributed by atoms with van der Waals surface area (Å²) in [6.45, 7) is 6.08. The van der Waals surface area contributed by atoms with Crippen LogP contribution in [0.3, 0.4) is 0 Å². The zero-order chi connectivity index (χ0) is 27.3. The Morgan fingerprint density at radius 1 is 0.784 bits per heavy atom. The van der Waals surface area contributed by atoms with E-state index in [1.807, 2.05) is 32.9 Å². The van der Waals surface area contributed by atoms with Gasteiger partial charge in [-0.05, 0) is 69.5 Å². The van der Waals surface area contributed by atoms with Crippen molar-refractivity contribution in [1.29, 1.82) is 0 Å². The molecule has 0 unspecified atom stereocenters. The Morgan fingerprint density at radius 2 is 1.32 bits per heavy atom. The van der Waals surface area contributed by atoms with Crippen molar-refractivity contribution in [3.05, 3.63) is 71.3 Å². The number of carbonyl (C=O) groups excluding carboxylic acids is 2. The maximum absolute atomic E-state index is 12.8. The van der Waals surface area contributed by atoms with Gasteiger partial charge in [0.25, 0.3) is 0 Å². The van der Waals surface area contributed by atoms with Gasteiger partial charge >= 0.3 is 14.8 Å². The van der Waals surface area contributed by atoms with Crippen LogP contribution in [0.1, 0.15) is 67.9 Å². The first-order valence-electron chi connectivity index (χ1n) is 12.6. The summed E-state index contributed by atoms with van der Waals surface area (Å²) >= 11 is 0. The van der Waals surface area contributed by atoms with Crippen LogP contribution in [0.25, 0.3) is 6.08 Å². The van der Waals surface area contributed by atoms with Gasteiger partial charge in [0, 0.05) is 44.6 Å². The molecule has 0 aliphatic rings. The Kier molecular flexibility index (Phi) is 12.2. The van der Waals surface area contributed by atoms with E-state index in [0.29, 0.717) is 17.7 Å². The molecule has 0 fully saturated rings. The molecule has 0 saturated heterocycles. The third-order valence-corrected chi connectivity index (χ3v) is 8.52. The molecule has 2 rings (SSSR count). The van der Waals surface area contributed by atoms with E-state index < -0.39 is 20.4 Å². The van der Waals surface area contributed by atoms with Gasteiger partial charge in [0.2, 0.25) is 0 Å². The molecule has 0 atom stereocenters. The molecule has 7 nitrogen and oxygen atoms in total. The van der Waals surface area contributed by atoms with E-state index in [2.05, 4.69) is 0 Å². The minimum absolute atomic E-state index is 0.0722. The number of hydrogen-bond acceptors (Lipinski definition) is 7. The van der Waals surface area contributed by atoms with Gasteiger partial charge in [0.1, 0.15) is 11.4 Å². The highest BCUT2D eigenvalue weighted by Crippen LogP contribution is 2.19. The fraction of sp³-hybridized carbons (Fsp3) is 0.448. The molecule has 0 aliphatic carbocycles. The fourth-order valence-electron chi connectivity index (χ4n) is 3.66. The number of esters is 1. The lowest BCUT2D eigenvalue weighted by Gasteiger charge is -2.24. The Bertz CT molecular complexity index is 996. The van der Waals surface area contributed by atoms with Crippen LogP contribution in [0.5, 0.6) is 5.75 Å². The van der Waals surface area contributed by atoms with Gasteiger partial charge in [-0.3, -0.25) is 4.79 Å². The maximum Gasteiger partial charge on any atom is 0.500 e. The smallest absolute Gasteiger partial charge is 0.494 e. The number of hydrogen-bond donors (Lipinski definition) is 0. The average molecular weight is 529 g/mol. The van der Waals surface area contributed by atoms with Crippen molar-refractivity contribution >= 4 is 26.6 Å². The third-order valence-electron chi connectivity index (χ3n) is 5.69. The quantitative estimate of drug-likeness (QED) is 0.0910. The predicted octanol–water partition coefficient (Wildman–Crippen LogP) is 6.09. The summed E-state index contributed by atoms with van der Waals surface area (Å²) < 4.78 is 27.4. The molecule has 0 aliphatic heterocycles. The largest absolute Gasteiger partial charge is 0.500 e. The van der Waals surface area contributed by atoms with E-state index >= 15 is 0 Å². The highest BCUT2D eigenvalue weighted by atomic mass is 28.4. The highest BCUT2D eigenvalue weighted by Gasteiger charge is 2.36. The topological polar surface area (TPSA) is 80.3 Å². The van der Waals surface area contributed by atoms with Gasteiger partial charge < -0.3 is 22.8 Å². The van der Waals surface area contributed by atoms with Crippen LogP contribution < -0.4 is 4.74 Å². The van der Waals surface area contributed by atoms with Gasteiger partial charge in [-0.1, -0.05) is 37.1 Å². The molecule has 37 heavy (non-hydrogen) atoms. The van der Waals surface area contributed by atoms with Crippen LogP contribution in [0.4, 0.5) is 0 Å². The summed E-state index contributed by atoms with van der Waals surface area (Å²) in [5.74, 6) is 0.263. The zero-order valence-electron chi connectivity index (χ0n) is 22.9. The van der Waals surface area contributed by atoms with Gasteiger partial charge in [-0.25, -0.2) is 4.79 Å². The summed E-state index contributed by atoms with van der Waals surface area (Å²) in [5.41, 5.74) is 1.44. The van der Waals surface area contributed by atoms with Crippen molar-refractivity contribution in [3.63, 3.8) is 0 Å². The maximum atomic E-state index is 12.8. The van der Waals surface area contributed by atoms with E-state index in [4.69, 9.17) is 22.8 Å². The molecule has 0 amide bonds. The standard InChI is InChI=1S/C29H40O7Si/c1-29(2,3)36-27(30)20-13-23-11-14-24(15-12-23)28(31)25-16-18-26(19-17-25)35-21-9-7-8-10-22-37(32-4,33-5)34-6/h11-20H,7-10,21-22H2,1-6H3. The third kappa shape index (κ3) is 10.6. The molecule has 0 heterocycles. The monoisotopic (exact) mass is 528 g/mol. The van der Waals surface area contributed by atoms with Crippen molar-refractivity contribution < 1.29 is 32.3 Å². The molecular weight excluding hydrogens is 488 g/mol. The summed E-state index contributed by atoms with van der Waals surface area (Å²) in [5, 5.41) is 0. The number of rotatable bonds is 15. The first-order valence-corrected chi connectivity index (χ1v) is 14.5. The Morgan fingerprint density at radius 3 is 1.86 bits per heavy atom. The van der Waals surface area contributed by atoms with Crippen LogP contribution in [0.2, 0.25) is 6.04 Å². The molecule has 0 spiro atoms. The van der Waals surface area contributed by atoms with Crippen molar-refractivity contribution in [2.45, 2.75) is 58.1 Å². The highest BCUT2D eigenvalue weighted by molar-refractivity contribution is 6.60. The van der Waals surface area contributed by atoms with E-state index in [9.17, 15) is 9.59 Å². The summed E-state index contributed by atoms with van der Waals surface area (Å²) in [7, 11) is 2.43. The Balaban J connectivity index is 1.76. The van der Waals surface area contributed by atoms with Crippen LogP contribution in [0.15, 0.2) is 54.6 Å². The van der Waals surface area contributed by atoms with E-state index in [-0.39, 0.29) is 5.78 Å². The summed E-state index contributed by atoms with van der Waals surface area (Å²) in [6.07, 6.45) is 7.08. The van der Waals surface area contributed by atoms with Crippen LogP contribution in [-0.4, -0.2) is 54.1 Å². The van der Waals surface area contributed by atoms with Gasteiger partial charge in [-0.2, -0.15) is 0 Å². The SMILES string of the molecule is CO[Si](CCCCCCOc1ccc(C(=O)c2ccc(C=CC(=O)OC(C)(C)C)cc2)cc1)(OC)OC. The molecule has 202 valence electrons. The zero-order valence-corrected chi connectivity index (χ0v) is 23.9. The second-order valence-electron chi connectivity index (χ2n) is 9.65. The minimum Gasteiger partial charge on any atom is -0.494 e. The first kappa shape index (κ1) is 30.4. The lowest BCUT2D eigenvalue weighted by atomic mass is 10.0. The molecule has 0 aromatic heterocycles. The number of carbonyl (C=O) groups is 2. The van der Waals surface area contributed by atoms with Crippen LogP contribution in [0, 0.1) is 0 Å². The number of ketones is 1. The van der Waals surface area contributed by atoms with Gasteiger partial charge in [0.05, 0.1) is 6.61 Å². The van der Waals surface area contributed by atoms with Gasteiger partial charge in [0.15, 0.2) is 5.78 Å². The Hall–Kier alpha value is -2.78. The minimum atomic E-state index is -2.47. The second-order valence-corrected chi connectivity index (χ2v) is 12.7. The molecule has 8 heteroatoms. The normalized spacial score (nSPS) is 12.1. The molecule has 0 saturated carbocycles. The lowest BCUT2D eigenvalue weighted by Crippen LogP contribution is -2.42. The number of benzene rings is 2. The number of unbranched alkanes of at least 4 members (excludes halogenated alkanes) is 3. The molecule has 0 radical (unpaired) electrons. The molecule has 0 bridgehead atoms. The molecular formula is C29H40O7Si. The van der Waals surface area contributed by atoms with Crippen LogP contribution >= 0.6 is 0 Å². The molecule has 2 aromatic rings. The van der Waals surface area contributed by atoms with Crippen molar-refractivity contribution in [1.82, 2.24) is 0 Å². The predicted molar refractivity (Wildman–Crippen MR) is 147 cm³/mol. The van der Waals surface area contributed by atoms with Crippen molar-refractivity contribution in [2.24, 2.45) is 0 Å². The van der Waals surface area contributed by atoms with Gasteiger partial charge in [-0.15, -0.1) is 0 Å². The average Bonchev–Trinajstić information content (AvgIpc) is 2.89. The fourth-order valence-corrected chi connectivity index (χ4v) is 5.45. The molecule has 2 aromatic carbocycles. The number of ether oxygens (including phenoxy) is 2. The summed E-state index contributed by atoms with van der Waals surface area (Å²) in [6, 6.07) is 15.1. The Labute approximate surface area is 222 Å². The van der Waals surface area contributed by atoms with E-state index in [1.165, 1.54) is 6.08 Å². The van der Waals surface area contributed by atoms with E-state index in [0.717, 1.165) is 43.0 Å². The van der Waals surface area contributed by atoms with E-state index in [1.54, 1.807) is 63.8 Å².